The van der Waals surface area contributed by atoms with Gasteiger partial charge in [0.2, 0.25) is 5.91 Å². The Hall–Kier alpha value is -1.88. The van der Waals surface area contributed by atoms with Crippen molar-refractivity contribution in [1.29, 1.82) is 0 Å². The second-order valence-electron chi connectivity index (χ2n) is 5.64. The average Bonchev–Trinajstić information content (AvgIpc) is 2.46. The van der Waals surface area contributed by atoms with Crippen molar-refractivity contribution in [3.63, 3.8) is 0 Å². The number of ketones is 1. The van der Waals surface area contributed by atoms with Gasteiger partial charge in [-0.15, -0.1) is 0 Å². The Bertz CT molecular complexity index is 481. The summed E-state index contributed by atoms with van der Waals surface area (Å²) in [6, 6.07) is 6.98. The first-order valence-electron chi connectivity index (χ1n) is 7.06. The lowest BCUT2D eigenvalue weighted by molar-refractivity contribution is -0.122. The molecule has 0 aliphatic carbocycles. The van der Waals surface area contributed by atoms with Crippen LogP contribution in [0.2, 0.25) is 0 Å². The topological polar surface area (TPSA) is 81.4 Å². The maximum absolute atomic E-state index is 12.0. The van der Waals surface area contributed by atoms with E-state index in [-0.39, 0.29) is 11.7 Å². The molecular weight excluding hydrogens is 268 g/mol. The van der Waals surface area contributed by atoms with E-state index in [1.165, 1.54) is 0 Å². The van der Waals surface area contributed by atoms with Gasteiger partial charge in [0.25, 0.3) is 0 Å². The summed E-state index contributed by atoms with van der Waals surface area (Å²) in [5.74, 6) is 0.673. The summed E-state index contributed by atoms with van der Waals surface area (Å²) in [7, 11) is 1.58. The first-order chi connectivity index (χ1) is 9.88. The fraction of sp³-hybridized carbons (Fsp3) is 0.500. The quantitative estimate of drug-likeness (QED) is 0.717. The van der Waals surface area contributed by atoms with Gasteiger partial charge in [-0.3, -0.25) is 9.59 Å². The summed E-state index contributed by atoms with van der Waals surface area (Å²) in [5.41, 5.74) is 5.78. The van der Waals surface area contributed by atoms with E-state index in [2.05, 4.69) is 5.32 Å². The lowest BCUT2D eigenvalue weighted by Gasteiger charge is -2.24. The predicted octanol–water partition coefficient (Wildman–Crippen LogP) is 1.90. The summed E-state index contributed by atoms with van der Waals surface area (Å²) in [6.45, 7) is 4.12. The molecule has 0 aliphatic rings. The third-order valence-corrected chi connectivity index (χ3v) is 3.21. The minimum atomic E-state index is -0.406. The molecule has 1 aromatic carbocycles. The molecule has 21 heavy (non-hydrogen) atoms. The summed E-state index contributed by atoms with van der Waals surface area (Å²) >= 11 is 0. The van der Waals surface area contributed by atoms with Gasteiger partial charge in [0, 0.05) is 30.5 Å². The Morgan fingerprint density at radius 3 is 2.33 bits per heavy atom. The number of carbonyl (C=O) groups excluding carboxylic acids is 2. The number of Topliss-reactive ketones (excluding diaryl/α,β-unsaturated/α-hetero) is 1. The van der Waals surface area contributed by atoms with Crippen LogP contribution in [-0.2, 0) is 4.79 Å². The summed E-state index contributed by atoms with van der Waals surface area (Å²) in [4.78, 5) is 23.7. The zero-order chi connectivity index (χ0) is 15.9. The molecule has 0 unspecified atom stereocenters. The van der Waals surface area contributed by atoms with E-state index in [0.29, 0.717) is 31.4 Å². The van der Waals surface area contributed by atoms with Gasteiger partial charge in [-0.05, 0) is 44.5 Å². The highest BCUT2D eigenvalue weighted by Gasteiger charge is 2.18. The van der Waals surface area contributed by atoms with E-state index in [9.17, 15) is 9.59 Å². The second kappa shape index (κ2) is 7.78. The molecule has 1 amide bonds. The van der Waals surface area contributed by atoms with Crippen molar-refractivity contribution in [1.82, 2.24) is 5.32 Å². The molecule has 0 atom stereocenters. The summed E-state index contributed by atoms with van der Waals surface area (Å²) < 4.78 is 5.04. The number of hydrogen-bond acceptors (Lipinski definition) is 4. The van der Waals surface area contributed by atoms with Crippen LogP contribution in [0.4, 0.5) is 0 Å². The van der Waals surface area contributed by atoms with Crippen LogP contribution in [-0.4, -0.2) is 30.9 Å². The maximum atomic E-state index is 12.0. The van der Waals surface area contributed by atoms with Gasteiger partial charge in [0.15, 0.2) is 5.78 Å². The fourth-order valence-corrected chi connectivity index (χ4v) is 1.82. The van der Waals surface area contributed by atoms with Crippen LogP contribution in [0.25, 0.3) is 0 Å². The van der Waals surface area contributed by atoms with Gasteiger partial charge in [-0.2, -0.15) is 0 Å². The molecule has 0 bridgehead atoms. The molecule has 0 spiro atoms. The van der Waals surface area contributed by atoms with Crippen LogP contribution >= 0.6 is 0 Å². The van der Waals surface area contributed by atoms with Crippen LogP contribution in [0.5, 0.6) is 5.75 Å². The molecule has 0 saturated heterocycles. The van der Waals surface area contributed by atoms with Crippen molar-refractivity contribution in [3.05, 3.63) is 29.8 Å². The summed E-state index contributed by atoms with van der Waals surface area (Å²) in [6.07, 6.45) is 1.20. The molecule has 3 N–H and O–H groups in total. The molecule has 1 rings (SSSR count). The first kappa shape index (κ1) is 17.2. The van der Waals surface area contributed by atoms with Crippen molar-refractivity contribution in [2.24, 2.45) is 5.73 Å². The number of benzene rings is 1. The van der Waals surface area contributed by atoms with Crippen molar-refractivity contribution < 1.29 is 14.3 Å². The zero-order valence-electron chi connectivity index (χ0n) is 12.9. The highest BCUT2D eigenvalue weighted by Crippen LogP contribution is 2.14. The third kappa shape index (κ3) is 5.95. The van der Waals surface area contributed by atoms with E-state index >= 15 is 0 Å². The number of methoxy groups -OCH3 is 1. The predicted molar refractivity (Wildman–Crippen MR) is 82.5 cm³/mol. The molecule has 1 aromatic rings. The molecule has 0 fully saturated rings. The molecule has 5 heteroatoms. The zero-order valence-corrected chi connectivity index (χ0v) is 12.9. The second-order valence-corrected chi connectivity index (χ2v) is 5.64. The number of ether oxygens (including phenoxy) is 1. The standard InChI is InChI=1S/C16H24N2O3/c1-16(2,11-17)18-15(20)6-4-5-14(19)12-7-9-13(21-3)10-8-12/h7-10H,4-6,11,17H2,1-3H3,(H,18,20). The molecule has 0 heterocycles. The van der Waals surface area contributed by atoms with Crippen molar-refractivity contribution in [3.8, 4) is 5.75 Å². The summed E-state index contributed by atoms with van der Waals surface area (Å²) in [5, 5.41) is 2.84. The minimum absolute atomic E-state index is 0.0311. The van der Waals surface area contributed by atoms with Crippen molar-refractivity contribution in [2.45, 2.75) is 38.6 Å². The number of nitrogens with one attached hydrogen (secondary N) is 1. The smallest absolute Gasteiger partial charge is 0.220 e. The van der Waals surface area contributed by atoms with E-state index in [0.717, 1.165) is 5.75 Å². The van der Waals surface area contributed by atoms with Crippen LogP contribution in [0.1, 0.15) is 43.5 Å². The Balaban J connectivity index is 2.37. The first-order valence-corrected chi connectivity index (χ1v) is 7.06. The SMILES string of the molecule is COc1ccc(C(=O)CCCC(=O)NC(C)(C)CN)cc1. The normalized spacial score (nSPS) is 11.0. The lowest BCUT2D eigenvalue weighted by Crippen LogP contribution is -2.48. The fourth-order valence-electron chi connectivity index (χ4n) is 1.82. The number of carbonyl (C=O) groups is 2. The number of amides is 1. The highest BCUT2D eigenvalue weighted by atomic mass is 16.5. The van der Waals surface area contributed by atoms with Gasteiger partial charge in [-0.25, -0.2) is 0 Å². The van der Waals surface area contributed by atoms with E-state index in [1.807, 2.05) is 13.8 Å². The van der Waals surface area contributed by atoms with E-state index in [1.54, 1.807) is 31.4 Å². The van der Waals surface area contributed by atoms with E-state index < -0.39 is 5.54 Å². The number of rotatable bonds is 8. The average molecular weight is 292 g/mol. The third-order valence-electron chi connectivity index (χ3n) is 3.21. The van der Waals surface area contributed by atoms with Crippen LogP contribution < -0.4 is 15.8 Å². The Labute approximate surface area is 125 Å². The molecule has 5 nitrogen and oxygen atoms in total. The molecule has 0 radical (unpaired) electrons. The van der Waals surface area contributed by atoms with Crippen LogP contribution in [0, 0.1) is 0 Å². The maximum Gasteiger partial charge on any atom is 0.220 e. The van der Waals surface area contributed by atoms with Gasteiger partial charge < -0.3 is 15.8 Å². The highest BCUT2D eigenvalue weighted by molar-refractivity contribution is 5.96. The molecule has 0 saturated carbocycles. The van der Waals surface area contributed by atoms with Crippen molar-refractivity contribution in [2.75, 3.05) is 13.7 Å². The molecule has 0 aliphatic heterocycles. The van der Waals surface area contributed by atoms with Gasteiger partial charge in [-0.1, -0.05) is 0 Å². The van der Waals surface area contributed by atoms with Gasteiger partial charge in [0.1, 0.15) is 5.75 Å². The molecular formula is C16H24N2O3. The monoisotopic (exact) mass is 292 g/mol. The van der Waals surface area contributed by atoms with E-state index in [4.69, 9.17) is 10.5 Å². The Kier molecular flexibility index (Phi) is 6.37. The van der Waals surface area contributed by atoms with Gasteiger partial charge in [0.05, 0.1) is 7.11 Å². The molecule has 0 aromatic heterocycles. The van der Waals surface area contributed by atoms with Gasteiger partial charge >= 0.3 is 0 Å². The van der Waals surface area contributed by atoms with Crippen LogP contribution in [0.3, 0.4) is 0 Å². The Morgan fingerprint density at radius 2 is 1.81 bits per heavy atom. The number of hydrogen-bond donors (Lipinski definition) is 2. The van der Waals surface area contributed by atoms with Crippen LogP contribution in [0.15, 0.2) is 24.3 Å². The lowest BCUT2D eigenvalue weighted by atomic mass is 10.0. The molecule has 116 valence electrons. The Morgan fingerprint density at radius 1 is 1.19 bits per heavy atom. The minimum Gasteiger partial charge on any atom is -0.497 e. The largest absolute Gasteiger partial charge is 0.497 e. The van der Waals surface area contributed by atoms with Crippen molar-refractivity contribution >= 4 is 11.7 Å². The number of nitrogens with two attached hydrogens (primary N) is 1.